The number of carbonyl (C=O) groups is 1. The fourth-order valence-electron chi connectivity index (χ4n) is 2.82. The molecule has 2 atom stereocenters. The molecule has 126 valence electrons. The number of hydrogen-bond acceptors (Lipinski definition) is 5. The fraction of sp³-hybridized carbons (Fsp3) is 0.588. The second-order valence-electron chi connectivity index (χ2n) is 5.86. The lowest BCUT2D eigenvalue weighted by molar-refractivity contribution is -0.148. The predicted octanol–water partition coefficient (Wildman–Crippen LogP) is 1.12. The van der Waals surface area contributed by atoms with Crippen molar-refractivity contribution in [1.82, 2.24) is 5.32 Å². The van der Waals surface area contributed by atoms with E-state index in [2.05, 4.69) is 34.5 Å². The average Bonchev–Trinajstić information content (AvgIpc) is 2.63. The highest BCUT2D eigenvalue weighted by atomic mass is 16.6. The van der Waals surface area contributed by atoms with Crippen LogP contribution >= 0.6 is 0 Å². The standard InChI is InChI=1S/C17H24N2O4/c1-13(18-17(20)16-12-22-10-11-23-16)14-2-4-15(5-3-14)19-6-8-21-9-7-19/h2-5,13,16H,6-12H2,1H3,(H,18,20)/t13-,16-/m0/s1. The molecule has 1 aromatic rings. The fourth-order valence-corrected chi connectivity index (χ4v) is 2.82. The summed E-state index contributed by atoms with van der Waals surface area (Å²) in [6.45, 7) is 6.73. The van der Waals surface area contributed by atoms with Crippen molar-refractivity contribution in [1.29, 1.82) is 0 Å². The van der Waals surface area contributed by atoms with Crippen LogP contribution < -0.4 is 10.2 Å². The van der Waals surface area contributed by atoms with Crippen LogP contribution in [0.5, 0.6) is 0 Å². The van der Waals surface area contributed by atoms with E-state index in [0.717, 1.165) is 31.9 Å². The molecule has 2 saturated heterocycles. The summed E-state index contributed by atoms with van der Waals surface area (Å²) in [6.07, 6.45) is -0.501. The summed E-state index contributed by atoms with van der Waals surface area (Å²) in [6, 6.07) is 8.27. The van der Waals surface area contributed by atoms with Gasteiger partial charge in [-0.2, -0.15) is 0 Å². The summed E-state index contributed by atoms with van der Waals surface area (Å²) in [5.41, 5.74) is 2.27. The van der Waals surface area contributed by atoms with E-state index in [0.29, 0.717) is 19.8 Å². The van der Waals surface area contributed by atoms with Gasteiger partial charge in [-0.1, -0.05) is 12.1 Å². The van der Waals surface area contributed by atoms with Gasteiger partial charge >= 0.3 is 0 Å². The number of ether oxygens (including phenoxy) is 3. The minimum Gasteiger partial charge on any atom is -0.378 e. The topological polar surface area (TPSA) is 60.0 Å². The Morgan fingerprint density at radius 2 is 1.87 bits per heavy atom. The SMILES string of the molecule is C[C@H](NC(=O)[C@@H]1COCCO1)c1ccc(N2CCOCC2)cc1. The number of morpholine rings is 1. The molecule has 0 saturated carbocycles. The summed E-state index contributed by atoms with van der Waals surface area (Å²) in [4.78, 5) is 14.5. The van der Waals surface area contributed by atoms with Crippen molar-refractivity contribution in [3.8, 4) is 0 Å². The quantitative estimate of drug-likeness (QED) is 0.901. The molecule has 1 amide bonds. The van der Waals surface area contributed by atoms with Crippen molar-refractivity contribution in [3.63, 3.8) is 0 Å². The average molecular weight is 320 g/mol. The molecule has 1 N–H and O–H groups in total. The second-order valence-corrected chi connectivity index (χ2v) is 5.86. The lowest BCUT2D eigenvalue weighted by atomic mass is 10.1. The Hall–Kier alpha value is -1.63. The van der Waals surface area contributed by atoms with E-state index in [9.17, 15) is 4.79 Å². The molecular weight excluding hydrogens is 296 g/mol. The Morgan fingerprint density at radius 1 is 1.13 bits per heavy atom. The molecule has 3 rings (SSSR count). The van der Waals surface area contributed by atoms with Gasteiger partial charge in [0.2, 0.25) is 0 Å². The van der Waals surface area contributed by atoms with Gasteiger partial charge in [0.25, 0.3) is 5.91 Å². The smallest absolute Gasteiger partial charge is 0.252 e. The zero-order chi connectivity index (χ0) is 16.1. The molecule has 0 unspecified atom stereocenters. The van der Waals surface area contributed by atoms with Crippen LogP contribution in [0.1, 0.15) is 18.5 Å². The van der Waals surface area contributed by atoms with E-state index in [1.54, 1.807) is 0 Å². The normalized spacial score (nSPS) is 23.3. The van der Waals surface area contributed by atoms with Crippen LogP contribution in [0.4, 0.5) is 5.69 Å². The van der Waals surface area contributed by atoms with E-state index in [-0.39, 0.29) is 11.9 Å². The van der Waals surface area contributed by atoms with Crippen molar-refractivity contribution in [2.45, 2.75) is 19.1 Å². The zero-order valence-corrected chi connectivity index (χ0v) is 13.5. The number of rotatable bonds is 4. The first kappa shape index (κ1) is 16.2. The first-order chi connectivity index (χ1) is 11.2. The monoisotopic (exact) mass is 320 g/mol. The molecule has 0 bridgehead atoms. The second kappa shape index (κ2) is 7.77. The van der Waals surface area contributed by atoms with Crippen LogP contribution in [0.25, 0.3) is 0 Å². The maximum absolute atomic E-state index is 12.2. The molecular formula is C17H24N2O4. The number of nitrogens with zero attached hydrogens (tertiary/aromatic N) is 1. The molecule has 2 aliphatic rings. The molecule has 0 aromatic heterocycles. The van der Waals surface area contributed by atoms with Crippen molar-refractivity contribution >= 4 is 11.6 Å². The Balaban J connectivity index is 1.56. The third-order valence-electron chi connectivity index (χ3n) is 4.24. The maximum Gasteiger partial charge on any atom is 0.252 e. The van der Waals surface area contributed by atoms with E-state index in [4.69, 9.17) is 14.2 Å². The van der Waals surface area contributed by atoms with Gasteiger partial charge in [0.1, 0.15) is 0 Å². The molecule has 6 nitrogen and oxygen atoms in total. The summed E-state index contributed by atoms with van der Waals surface area (Å²) < 4.78 is 16.1. The number of amides is 1. The Kier molecular flexibility index (Phi) is 5.48. The molecule has 23 heavy (non-hydrogen) atoms. The third-order valence-corrected chi connectivity index (χ3v) is 4.24. The molecule has 0 aliphatic carbocycles. The Labute approximate surface area is 136 Å². The molecule has 1 aromatic carbocycles. The highest BCUT2D eigenvalue weighted by Gasteiger charge is 2.24. The van der Waals surface area contributed by atoms with Crippen LogP contribution in [0.3, 0.4) is 0 Å². The van der Waals surface area contributed by atoms with Gasteiger partial charge in [-0.15, -0.1) is 0 Å². The lowest BCUT2D eigenvalue weighted by Crippen LogP contribution is -2.43. The molecule has 6 heteroatoms. The summed E-state index contributed by atoms with van der Waals surface area (Å²) >= 11 is 0. The summed E-state index contributed by atoms with van der Waals surface area (Å²) in [5, 5.41) is 2.99. The van der Waals surface area contributed by atoms with Gasteiger partial charge in [0, 0.05) is 18.8 Å². The summed E-state index contributed by atoms with van der Waals surface area (Å²) in [5.74, 6) is -0.116. The van der Waals surface area contributed by atoms with E-state index >= 15 is 0 Å². The van der Waals surface area contributed by atoms with Gasteiger partial charge in [-0.3, -0.25) is 4.79 Å². The van der Waals surface area contributed by atoms with Gasteiger partial charge in [-0.25, -0.2) is 0 Å². The van der Waals surface area contributed by atoms with Crippen molar-refractivity contribution in [2.24, 2.45) is 0 Å². The lowest BCUT2D eigenvalue weighted by Gasteiger charge is -2.29. The van der Waals surface area contributed by atoms with Crippen molar-refractivity contribution in [2.75, 3.05) is 51.0 Å². The largest absolute Gasteiger partial charge is 0.378 e. The molecule has 2 aliphatic heterocycles. The van der Waals surface area contributed by atoms with Crippen molar-refractivity contribution in [3.05, 3.63) is 29.8 Å². The number of hydrogen-bond donors (Lipinski definition) is 1. The van der Waals surface area contributed by atoms with Crippen LogP contribution in [-0.2, 0) is 19.0 Å². The zero-order valence-electron chi connectivity index (χ0n) is 13.5. The minimum absolute atomic E-state index is 0.0632. The van der Waals surface area contributed by atoms with Gasteiger partial charge in [-0.05, 0) is 24.6 Å². The van der Waals surface area contributed by atoms with Gasteiger partial charge in [0.05, 0.1) is 39.1 Å². The maximum atomic E-state index is 12.2. The molecule has 0 radical (unpaired) electrons. The number of benzene rings is 1. The Bertz CT molecular complexity index is 508. The van der Waals surface area contributed by atoms with E-state index in [1.807, 2.05) is 6.92 Å². The highest BCUT2D eigenvalue weighted by Crippen LogP contribution is 2.20. The van der Waals surface area contributed by atoms with Crippen LogP contribution in [0.15, 0.2) is 24.3 Å². The highest BCUT2D eigenvalue weighted by molar-refractivity contribution is 5.81. The van der Waals surface area contributed by atoms with Crippen LogP contribution in [0.2, 0.25) is 0 Å². The van der Waals surface area contributed by atoms with E-state index < -0.39 is 6.10 Å². The summed E-state index contributed by atoms with van der Waals surface area (Å²) in [7, 11) is 0. The van der Waals surface area contributed by atoms with Crippen LogP contribution in [0, 0.1) is 0 Å². The van der Waals surface area contributed by atoms with Crippen molar-refractivity contribution < 1.29 is 19.0 Å². The number of anilines is 1. The van der Waals surface area contributed by atoms with Gasteiger partial charge < -0.3 is 24.4 Å². The molecule has 2 fully saturated rings. The third kappa shape index (κ3) is 4.22. The van der Waals surface area contributed by atoms with Crippen LogP contribution in [-0.4, -0.2) is 58.1 Å². The minimum atomic E-state index is -0.501. The molecule has 0 spiro atoms. The first-order valence-corrected chi connectivity index (χ1v) is 8.16. The first-order valence-electron chi connectivity index (χ1n) is 8.16. The number of carbonyl (C=O) groups excluding carboxylic acids is 1. The molecule has 2 heterocycles. The van der Waals surface area contributed by atoms with E-state index in [1.165, 1.54) is 5.69 Å². The number of nitrogens with one attached hydrogen (secondary N) is 1. The Morgan fingerprint density at radius 3 is 2.52 bits per heavy atom. The predicted molar refractivity (Wildman–Crippen MR) is 86.6 cm³/mol. The van der Waals surface area contributed by atoms with Gasteiger partial charge in [0.15, 0.2) is 6.10 Å².